The minimum atomic E-state index is -0.522. The quantitative estimate of drug-likeness (QED) is 0.485. The van der Waals surface area contributed by atoms with Crippen LogP contribution in [0.2, 0.25) is 0 Å². The average molecular weight is 507 g/mol. The van der Waals surface area contributed by atoms with E-state index in [0.717, 1.165) is 35.1 Å². The van der Waals surface area contributed by atoms with E-state index in [1.165, 1.54) is 5.56 Å². The Morgan fingerprint density at radius 2 is 1.81 bits per heavy atom. The molecule has 2 amide bonds. The number of likely N-dealkylation sites (tertiary alicyclic amines) is 1. The molecule has 1 aromatic carbocycles. The summed E-state index contributed by atoms with van der Waals surface area (Å²) in [7, 11) is 0. The number of piperidine rings is 1. The number of aromatic nitrogens is 3. The molecule has 3 aromatic rings. The van der Waals surface area contributed by atoms with Gasteiger partial charge in [-0.25, -0.2) is 14.5 Å². The van der Waals surface area contributed by atoms with Crippen molar-refractivity contribution in [3.8, 4) is 0 Å². The number of rotatable bonds is 6. The molecule has 9 heteroatoms. The molecule has 2 aromatic heterocycles. The van der Waals surface area contributed by atoms with Crippen molar-refractivity contribution in [2.24, 2.45) is 0 Å². The number of anilines is 1. The number of amides is 2. The van der Waals surface area contributed by atoms with E-state index < -0.39 is 5.60 Å². The molecule has 1 aliphatic rings. The maximum atomic E-state index is 13.5. The van der Waals surface area contributed by atoms with Gasteiger partial charge in [0.1, 0.15) is 5.60 Å². The predicted molar refractivity (Wildman–Crippen MR) is 145 cm³/mol. The number of hydrogen-bond acceptors (Lipinski definition) is 6. The third-order valence-corrected chi connectivity index (χ3v) is 6.63. The van der Waals surface area contributed by atoms with Gasteiger partial charge in [-0.3, -0.25) is 4.79 Å². The van der Waals surface area contributed by atoms with Crippen LogP contribution in [0, 0.1) is 6.92 Å². The average Bonchev–Trinajstić information content (AvgIpc) is 3.27. The molecule has 37 heavy (non-hydrogen) atoms. The molecule has 1 aliphatic heterocycles. The topological polar surface area (TPSA) is 101 Å². The fourth-order valence-electron chi connectivity index (χ4n) is 4.54. The predicted octanol–water partition coefficient (Wildman–Crippen LogP) is 5.06. The third-order valence-electron chi connectivity index (χ3n) is 6.63. The molecule has 2 N–H and O–H groups in total. The second kappa shape index (κ2) is 10.8. The van der Waals surface area contributed by atoms with Crippen LogP contribution in [0.3, 0.4) is 0 Å². The molecule has 0 aliphatic carbocycles. The van der Waals surface area contributed by atoms with Gasteiger partial charge in [0.25, 0.3) is 5.91 Å². The number of ether oxygens (including phenoxy) is 1. The number of fused-ring (bicyclic) bond motifs is 1. The Morgan fingerprint density at radius 1 is 1.14 bits per heavy atom. The van der Waals surface area contributed by atoms with E-state index in [9.17, 15) is 9.59 Å². The molecular weight excluding hydrogens is 468 g/mol. The summed E-state index contributed by atoms with van der Waals surface area (Å²) in [5, 5.41) is 12.0. The minimum absolute atomic E-state index is 0.0929. The fourth-order valence-corrected chi connectivity index (χ4v) is 4.54. The van der Waals surface area contributed by atoms with Gasteiger partial charge in [-0.2, -0.15) is 5.10 Å². The fraction of sp³-hybridized carbons (Fsp3) is 0.500. The monoisotopic (exact) mass is 506 g/mol. The highest BCUT2D eigenvalue weighted by Gasteiger charge is 2.28. The van der Waals surface area contributed by atoms with E-state index in [1.54, 1.807) is 17.3 Å². The summed E-state index contributed by atoms with van der Waals surface area (Å²) >= 11 is 0. The number of hydrogen-bond donors (Lipinski definition) is 2. The highest BCUT2D eigenvalue weighted by atomic mass is 16.6. The minimum Gasteiger partial charge on any atom is -0.444 e. The highest BCUT2D eigenvalue weighted by molar-refractivity contribution is 6.06. The number of carbonyl (C=O) groups excluding carboxylic acids is 2. The van der Waals surface area contributed by atoms with Crippen molar-refractivity contribution in [1.82, 2.24) is 25.0 Å². The lowest BCUT2D eigenvalue weighted by molar-refractivity contribution is 0.0210. The molecule has 4 rings (SSSR count). The number of carbonyl (C=O) groups is 2. The van der Waals surface area contributed by atoms with Crippen LogP contribution < -0.4 is 10.6 Å². The summed E-state index contributed by atoms with van der Waals surface area (Å²) in [4.78, 5) is 32.3. The molecule has 0 bridgehead atoms. The Hall–Kier alpha value is -3.62. The largest absolute Gasteiger partial charge is 0.444 e. The maximum Gasteiger partial charge on any atom is 0.410 e. The molecule has 0 saturated carbocycles. The summed E-state index contributed by atoms with van der Waals surface area (Å²) in [6.07, 6.45) is 4.60. The summed E-state index contributed by atoms with van der Waals surface area (Å²) in [6, 6.07) is 8.08. The summed E-state index contributed by atoms with van der Waals surface area (Å²) in [5.74, 6) is -0.194. The Bertz CT molecular complexity index is 1250. The molecule has 0 radical (unpaired) electrons. The van der Waals surface area contributed by atoms with Gasteiger partial charge in [0, 0.05) is 31.9 Å². The Labute approximate surface area is 218 Å². The normalized spacial score (nSPS) is 15.5. The molecule has 3 heterocycles. The van der Waals surface area contributed by atoms with Crippen molar-refractivity contribution in [1.29, 1.82) is 0 Å². The van der Waals surface area contributed by atoms with Crippen LogP contribution in [0.15, 0.2) is 36.7 Å². The SMILES string of the molecule is CCn1ncc2c(NC3CCN(C(=O)OC(C)(C)C)CC3)c(C(=O)N[C@H](C)c3ccc(C)cc3)cnc21. The third kappa shape index (κ3) is 6.21. The van der Waals surface area contributed by atoms with Crippen LogP contribution in [-0.2, 0) is 11.3 Å². The number of pyridine rings is 1. The summed E-state index contributed by atoms with van der Waals surface area (Å²) in [5.41, 5.74) is 3.64. The molecular formula is C28H38N6O3. The molecule has 0 spiro atoms. The first-order valence-electron chi connectivity index (χ1n) is 13.0. The zero-order valence-corrected chi connectivity index (χ0v) is 22.7. The maximum absolute atomic E-state index is 13.5. The first-order valence-corrected chi connectivity index (χ1v) is 13.0. The second-order valence-electron chi connectivity index (χ2n) is 10.7. The molecule has 198 valence electrons. The molecule has 1 fully saturated rings. The first-order chi connectivity index (χ1) is 17.6. The van der Waals surface area contributed by atoms with Gasteiger partial charge in [0.2, 0.25) is 0 Å². The van der Waals surface area contributed by atoms with Gasteiger partial charge in [0.05, 0.1) is 28.9 Å². The van der Waals surface area contributed by atoms with Gasteiger partial charge >= 0.3 is 6.09 Å². The molecule has 1 atom stereocenters. The smallest absolute Gasteiger partial charge is 0.410 e. The number of nitrogens with one attached hydrogen (secondary N) is 2. The highest BCUT2D eigenvalue weighted by Crippen LogP contribution is 2.29. The second-order valence-corrected chi connectivity index (χ2v) is 10.7. The van der Waals surface area contributed by atoms with Crippen LogP contribution in [0.4, 0.5) is 10.5 Å². The van der Waals surface area contributed by atoms with E-state index in [0.29, 0.717) is 25.2 Å². The number of nitrogens with zero attached hydrogens (tertiary/aromatic N) is 4. The van der Waals surface area contributed by atoms with Crippen LogP contribution in [0.25, 0.3) is 11.0 Å². The Morgan fingerprint density at radius 3 is 2.43 bits per heavy atom. The number of aryl methyl sites for hydroxylation is 2. The Kier molecular flexibility index (Phi) is 7.71. The van der Waals surface area contributed by atoms with Crippen molar-refractivity contribution in [3.63, 3.8) is 0 Å². The van der Waals surface area contributed by atoms with Crippen LogP contribution in [-0.4, -0.2) is 56.4 Å². The summed E-state index contributed by atoms with van der Waals surface area (Å²) < 4.78 is 7.35. The molecule has 0 unspecified atom stereocenters. The standard InChI is InChI=1S/C28H38N6O3/c1-7-34-25-22(17-30-34)24(32-21-12-14-33(15-13-21)27(36)37-28(4,5)6)23(16-29-25)26(35)31-19(3)20-10-8-18(2)9-11-20/h8-11,16-17,19,21H,7,12-15H2,1-6H3,(H,29,32)(H,31,35)/t19-/m1/s1. The van der Waals surface area contributed by atoms with Crippen molar-refractivity contribution < 1.29 is 14.3 Å². The molecule has 1 saturated heterocycles. The van der Waals surface area contributed by atoms with Crippen molar-refractivity contribution in [3.05, 3.63) is 53.3 Å². The van der Waals surface area contributed by atoms with E-state index >= 15 is 0 Å². The zero-order chi connectivity index (χ0) is 26.7. The van der Waals surface area contributed by atoms with Gasteiger partial charge in [-0.15, -0.1) is 0 Å². The van der Waals surface area contributed by atoms with Gasteiger partial charge in [-0.1, -0.05) is 29.8 Å². The van der Waals surface area contributed by atoms with Gasteiger partial charge < -0.3 is 20.3 Å². The van der Waals surface area contributed by atoms with E-state index in [2.05, 4.69) is 20.7 Å². The van der Waals surface area contributed by atoms with E-state index in [1.807, 2.05) is 70.5 Å². The Balaban J connectivity index is 1.54. The van der Waals surface area contributed by atoms with Gasteiger partial charge in [-0.05, 0) is 59.9 Å². The molecule has 9 nitrogen and oxygen atoms in total. The van der Waals surface area contributed by atoms with Crippen LogP contribution >= 0.6 is 0 Å². The summed E-state index contributed by atoms with van der Waals surface area (Å²) in [6.45, 7) is 13.5. The van der Waals surface area contributed by atoms with Crippen molar-refractivity contribution in [2.45, 2.75) is 78.6 Å². The lowest BCUT2D eigenvalue weighted by atomic mass is 10.0. The van der Waals surface area contributed by atoms with Gasteiger partial charge in [0.15, 0.2) is 5.65 Å². The van der Waals surface area contributed by atoms with E-state index in [4.69, 9.17) is 4.74 Å². The van der Waals surface area contributed by atoms with E-state index in [-0.39, 0.29) is 24.1 Å². The lowest BCUT2D eigenvalue weighted by Gasteiger charge is -2.34. The zero-order valence-electron chi connectivity index (χ0n) is 22.7. The lowest BCUT2D eigenvalue weighted by Crippen LogP contribution is -2.44. The van der Waals surface area contributed by atoms with Crippen LogP contribution in [0.1, 0.15) is 75.0 Å². The number of benzene rings is 1. The van der Waals surface area contributed by atoms with Crippen molar-refractivity contribution in [2.75, 3.05) is 18.4 Å². The first kappa shape index (κ1) is 26.4. The van der Waals surface area contributed by atoms with Crippen molar-refractivity contribution >= 4 is 28.7 Å². The van der Waals surface area contributed by atoms with Crippen LogP contribution in [0.5, 0.6) is 0 Å².